The van der Waals surface area contributed by atoms with Crippen LogP contribution in [0.3, 0.4) is 0 Å². The molecule has 0 radical (unpaired) electrons. The Hall–Kier alpha value is -1.14. The van der Waals surface area contributed by atoms with Crippen LogP contribution in [0.15, 0.2) is 12.1 Å². The minimum atomic E-state index is -0.487. The molecular weight excluding hydrogens is 292 g/mol. The molecule has 1 heterocycles. The van der Waals surface area contributed by atoms with E-state index in [-0.39, 0.29) is 6.61 Å². The van der Waals surface area contributed by atoms with Crippen LogP contribution < -0.4 is 4.74 Å². The Bertz CT molecular complexity index is 476. The van der Waals surface area contributed by atoms with Crippen molar-refractivity contribution in [2.24, 2.45) is 0 Å². The van der Waals surface area contributed by atoms with Crippen molar-refractivity contribution in [3.63, 3.8) is 0 Å². The quantitative estimate of drug-likeness (QED) is 0.783. The van der Waals surface area contributed by atoms with Gasteiger partial charge < -0.3 is 14.9 Å². The highest BCUT2D eigenvalue weighted by atomic mass is 16.5. The summed E-state index contributed by atoms with van der Waals surface area (Å²) in [6.45, 7) is 11.8. The minimum absolute atomic E-state index is 0.214. The van der Waals surface area contributed by atoms with Gasteiger partial charge in [0.15, 0.2) is 0 Å². The average molecular weight is 322 g/mol. The zero-order valence-electron chi connectivity index (χ0n) is 14.6. The topological polar surface area (TPSA) is 56.2 Å². The van der Waals surface area contributed by atoms with Gasteiger partial charge in [-0.2, -0.15) is 0 Å². The SMILES string of the molecule is Cc1cc(C)c(OC[C@H](O)CN2CCN(CCO)CC2)c(C)c1. The van der Waals surface area contributed by atoms with Gasteiger partial charge in [0.1, 0.15) is 18.5 Å². The van der Waals surface area contributed by atoms with E-state index in [1.54, 1.807) is 0 Å². The second-order valence-corrected chi connectivity index (χ2v) is 6.56. The third kappa shape index (κ3) is 5.46. The molecule has 0 aromatic heterocycles. The predicted molar refractivity (Wildman–Crippen MR) is 92.1 cm³/mol. The van der Waals surface area contributed by atoms with E-state index in [1.807, 2.05) is 13.8 Å². The Morgan fingerprint density at radius 2 is 1.61 bits per heavy atom. The third-order valence-electron chi connectivity index (χ3n) is 4.37. The highest BCUT2D eigenvalue weighted by Gasteiger charge is 2.19. The van der Waals surface area contributed by atoms with E-state index in [1.165, 1.54) is 5.56 Å². The number of piperazine rings is 1. The summed E-state index contributed by atoms with van der Waals surface area (Å²) in [5.74, 6) is 0.891. The van der Waals surface area contributed by atoms with E-state index < -0.39 is 6.10 Å². The molecule has 2 N–H and O–H groups in total. The molecule has 1 aromatic rings. The molecule has 0 aliphatic carbocycles. The Labute approximate surface area is 139 Å². The molecule has 1 aliphatic rings. The summed E-state index contributed by atoms with van der Waals surface area (Å²) in [7, 11) is 0. The van der Waals surface area contributed by atoms with Gasteiger partial charge in [0, 0.05) is 39.3 Å². The molecule has 0 spiro atoms. The Morgan fingerprint density at radius 1 is 1.04 bits per heavy atom. The van der Waals surface area contributed by atoms with Crippen molar-refractivity contribution < 1.29 is 14.9 Å². The van der Waals surface area contributed by atoms with E-state index in [4.69, 9.17) is 9.84 Å². The first-order chi connectivity index (χ1) is 11.0. The summed E-state index contributed by atoms with van der Waals surface area (Å²) in [5.41, 5.74) is 3.47. The van der Waals surface area contributed by atoms with Crippen molar-refractivity contribution in [1.82, 2.24) is 9.80 Å². The molecule has 1 aliphatic heterocycles. The lowest BCUT2D eigenvalue weighted by molar-refractivity contribution is 0.0425. The van der Waals surface area contributed by atoms with Crippen molar-refractivity contribution in [2.45, 2.75) is 26.9 Å². The van der Waals surface area contributed by atoms with Gasteiger partial charge in [-0.25, -0.2) is 0 Å². The highest BCUT2D eigenvalue weighted by Crippen LogP contribution is 2.24. The van der Waals surface area contributed by atoms with Crippen molar-refractivity contribution >= 4 is 0 Å². The van der Waals surface area contributed by atoms with Gasteiger partial charge in [-0.15, -0.1) is 0 Å². The number of aliphatic hydroxyl groups excluding tert-OH is 2. The van der Waals surface area contributed by atoms with E-state index in [2.05, 4.69) is 28.9 Å². The molecule has 0 unspecified atom stereocenters. The molecular formula is C18H30N2O3. The molecule has 1 fully saturated rings. The molecule has 5 nitrogen and oxygen atoms in total. The van der Waals surface area contributed by atoms with Gasteiger partial charge in [-0.3, -0.25) is 9.80 Å². The van der Waals surface area contributed by atoms with E-state index in [0.717, 1.165) is 49.6 Å². The summed E-state index contributed by atoms with van der Waals surface area (Å²) in [4.78, 5) is 4.51. The van der Waals surface area contributed by atoms with Crippen LogP contribution in [0.5, 0.6) is 5.75 Å². The monoisotopic (exact) mass is 322 g/mol. The van der Waals surface area contributed by atoms with Crippen molar-refractivity contribution in [3.05, 3.63) is 28.8 Å². The van der Waals surface area contributed by atoms with Crippen LogP contribution in [0, 0.1) is 20.8 Å². The van der Waals surface area contributed by atoms with Gasteiger partial charge in [0.05, 0.1) is 6.61 Å². The van der Waals surface area contributed by atoms with E-state index >= 15 is 0 Å². The maximum atomic E-state index is 10.2. The summed E-state index contributed by atoms with van der Waals surface area (Å²) in [6, 6.07) is 4.21. The molecule has 0 bridgehead atoms. The Kier molecular flexibility index (Phi) is 6.84. The van der Waals surface area contributed by atoms with Gasteiger partial charge in [-0.05, 0) is 31.9 Å². The first kappa shape index (κ1) is 18.2. The van der Waals surface area contributed by atoms with Gasteiger partial charge in [0.2, 0.25) is 0 Å². The lowest BCUT2D eigenvalue weighted by Gasteiger charge is -2.35. The fourth-order valence-corrected chi connectivity index (χ4v) is 3.26. The van der Waals surface area contributed by atoms with Crippen LogP contribution in [-0.4, -0.2) is 78.6 Å². The number of hydrogen-bond donors (Lipinski definition) is 2. The van der Waals surface area contributed by atoms with Gasteiger partial charge >= 0.3 is 0 Å². The van der Waals surface area contributed by atoms with E-state index in [9.17, 15) is 5.11 Å². The molecule has 130 valence electrons. The number of nitrogens with zero attached hydrogens (tertiary/aromatic N) is 2. The lowest BCUT2D eigenvalue weighted by atomic mass is 10.1. The highest BCUT2D eigenvalue weighted by molar-refractivity contribution is 5.42. The molecule has 1 saturated heterocycles. The number of benzene rings is 1. The van der Waals surface area contributed by atoms with Crippen LogP contribution in [0.25, 0.3) is 0 Å². The standard InChI is InChI=1S/C18H30N2O3/c1-14-10-15(2)18(16(3)11-14)23-13-17(22)12-20-6-4-19(5-7-20)8-9-21/h10-11,17,21-22H,4-9,12-13H2,1-3H3/t17-/m1/s1. The van der Waals surface area contributed by atoms with Crippen LogP contribution in [0.1, 0.15) is 16.7 Å². The summed E-state index contributed by atoms with van der Waals surface area (Å²) < 4.78 is 5.87. The van der Waals surface area contributed by atoms with E-state index in [0.29, 0.717) is 13.2 Å². The molecule has 2 rings (SSSR count). The summed E-state index contributed by atoms with van der Waals surface area (Å²) >= 11 is 0. The fourth-order valence-electron chi connectivity index (χ4n) is 3.26. The first-order valence-electron chi connectivity index (χ1n) is 8.44. The molecule has 5 heteroatoms. The second-order valence-electron chi connectivity index (χ2n) is 6.56. The van der Waals surface area contributed by atoms with Crippen LogP contribution in [0.4, 0.5) is 0 Å². The number of rotatable bonds is 7. The largest absolute Gasteiger partial charge is 0.490 e. The maximum Gasteiger partial charge on any atom is 0.125 e. The van der Waals surface area contributed by atoms with Crippen LogP contribution >= 0.6 is 0 Å². The molecule has 0 amide bonds. The van der Waals surface area contributed by atoms with Crippen LogP contribution in [0.2, 0.25) is 0 Å². The number of β-amino-alcohol motifs (C(OH)–C–C–N with tert-alkyl or cyclic N) is 2. The molecule has 23 heavy (non-hydrogen) atoms. The normalized spacial score (nSPS) is 18.1. The fraction of sp³-hybridized carbons (Fsp3) is 0.667. The smallest absolute Gasteiger partial charge is 0.125 e. The lowest BCUT2D eigenvalue weighted by Crippen LogP contribution is -2.49. The molecule has 0 saturated carbocycles. The minimum Gasteiger partial charge on any atom is -0.490 e. The summed E-state index contributed by atoms with van der Waals surface area (Å²) in [6.07, 6.45) is -0.487. The second kappa shape index (κ2) is 8.64. The third-order valence-corrected chi connectivity index (χ3v) is 4.37. The molecule has 1 atom stereocenters. The zero-order valence-corrected chi connectivity index (χ0v) is 14.6. The Morgan fingerprint density at radius 3 is 2.17 bits per heavy atom. The number of hydrogen-bond acceptors (Lipinski definition) is 5. The number of ether oxygens (including phenoxy) is 1. The van der Waals surface area contributed by atoms with Crippen molar-refractivity contribution in [3.8, 4) is 5.75 Å². The van der Waals surface area contributed by atoms with Crippen molar-refractivity contribution in [1.29, 1.82) is 0 Å². The van der Waals surface area contributed by atoms with Gasteiger partial charge in [0.25, 0.3) is 0 Å². The maximum absolute atomic E-state index is 10.2. The average Bonchev–Trinajstić information content (AvgIpc) is 2.48. The molecule has 1 aromatic carbocycles. The van der Waals surface area contributed by atoms with Gasteiger partial charge in [-0.1, -0.05) is 17.7 Å². The number of aryl methyl sites for hydroxylation is 3. The predicted octanol–water partition coefficient (Wildman–Crippen LogP) is 0.961. The summed E-state index contributed by atoms with van der Waals surface area (Å²) in [5, 5.41) is 19.2. The first-order valence-corrected chi connectivity index (χ1v) is 8.44. The Balaban J connectivity index is 1.77. The zero-order chi connectivity index (χ0) is 16.8. The van der Waals surface area contributed by atoms with Crippen molar-refractivity contribution in [2.75, 3.05) is 52.5 Å². The number of aliphatic hydroxyl groups is 2. The van der Waals surface area contributed by atoms with Crippen LogP contribution in [-0.2, 0) is 0 Å².